The number of benzene rings is 2. The van der Waals surface area contributed by atoms with Crippen LogP contribution in [0.15, 0.2) is 42.5 Å². The monoisotopic (exact) mass is 328 g/mol. The molecule has 0 spiro atoms. The number of hydrogen-bond acceptors (Lipinski definition) is 4. The van der Waals surface area contributed by atoms with Crippen molar-refractivity contribution in [3.8, 4) is 5.75 Å². The SMILES string of the molecule is CCN(Cc1ccc(OC)cc1)C(=O)c1ccc(C)c([N+](=O)[O-])c1. The van der Waals surface area contributed by atoms with Crippen LogP contribution in [-0.2, 0) is 6.54 Å². The lowest BCUT2D eigenvalue weighted by Gasteiger charge is -2.21. The van der Waals surface area contributed by atoms with Crippen LogP contribution in [0.25, 0.3) is 0 Å². The lowest BCUT2D eigenvalue weighted by Crippen LogP contribution is -2.30. The van der Waals surface area contributed by atoms with Gasteiger partial charge in [0.05, 0.1) is 12.0 Å². The molecule has 0 aliphatic heterocycles. The van der Waals surface area contributed by atoms with Gasteiger partial charge in [-0.3, -0.25) is 14.9 Å². The average molecular weight is 328 g/mol. The Hall–Kier alpha value is -2.89. The van der Waals surface area contributed by atoms with Crippen LogP contribution in [0.5, 0.6) is 5.75 Å². The van der Waals surface area contributed by atoms with E-state index in [4.69, 9.17) is 4.74 Å². The third-order valence-corrected chi connectivity index (χ3v) is 3.85. The van der Waals surface area contributed by atoms with Crippen molar-refractivity contribution < 1.29 is 14.5 Å². The molecule has 0 saturated heterocycles. The number of hydrogen-bond donors (Lipinski definition) is 0. The van der Waals surface area contributed by atoms with E-state index in [0.29, 0.717) is 24.2 Å². The summed E-state index contributed by atoms with van der Waals surface area (Å²) in [6.07, 6.45) is 0. The molecule has 0 heterocycles. The van der Waals surface area contributed by atoms with Gasteiger partial charge in [-0.15, -0.1) is 0 Å². The second-order valence-corrected chi connectivity index (χ2v) is 5.43. The highest BCUT2D eigenvalue weighted by Crippen LogP contribution is 2.21. The van der Waals surface area contributed by atoms with Gasteiger partial charge in [-0.25, -0.2) is 0 Å². The fraction of sp³-hybridized carbons (Fsp3) is 0.278. The highest BCUT2D eigenvalue weighted by Gasteiger charge is 2.19. The highest BCUT2D eigenvalue weighted by atomic mass is 16.6. The molecule has 0 atom stereocenters. The number of amides is 1. The molecule has 24 heavy (non-hydrogen) atoms. The minimum absolute atomic E-state index is 0.0404. The van der Waals surface area contributed by atoms with Gasteiger partial charge in [-0.1, -0.05) is 18.2 Å². The van der Waals surface area contributed by atoms with Gasteiger partial charge >= 0.3 is 0 Å². The van der Waals surface area contributed by atoms with Crippen LogP contribution in [0.1, 0.15) is 28.4 Å². The molecule has 0 fully saturated rings. The van der Waals surface area contributed by atoms with Crippen molar-refractivity contribution in [1.29, 1.82) is 0 Å². The van der Waals surface area contributed by atoms with Crippen molar-refractivity contribution in [2.45, 2.75) is 20.4 Å². The summed E-state index contributed by atoms with van der Waals surface area (Å²) in [5, 5.41) is 11.1. The van der Waals surface area contributed by atoms with Crippen LogP contribution in [-0.4, -0.2) is 29.4 Å². The molecule has 2 rings (SSSR count). The van der Waals surface area contributed by atoms with Gasteiger partial charge in [-0.2, -0.15) is 0 Å². The molecule has 0 aliphatic rings. The summed E-state index contributed by atoms with van der Waals surface area (Å²) in [7, 11) is 1.60. The van der Waals surface area contributed by atoms with E-state index in [0.717, 1.165) is 11.3 Å². The molecule has 0 N–H and O–H groups in total. The number of aryl methyl sites for hydroxylation is 1. The van der Waals surface area contributed by atoms with E-state index >= 15 is 0 Å². The molecular formula is C18H20N2O4. The predicted molar refractivity (Wildman–Crippen MR) is 91.2 cm³/mol. The normalized spacial score (nSPS) is 10.3. The Bertz CT molecular complexity index is 741. The minimum Gasteiger partial charge on any atom is -0.497 e. The Kier molecular flexibility index (Phi) is 5.52. The lowest BCUT2D eigenvalue weighted by molar-refractivity contribution is -0.385. The van der Waals surface area contributed by atoms with Crippen molar-refractivity contribution in [3.05, 3.63) is 69.3 Å². The topological polar surface area (TPSA) is 72.7 Å². The Labute approximate surface area is 140 Å². The molecule has 2 aromatic carbocycles. The molecule has 0 aromatic heterocycles. The molecule has 0 saturated carbocycles. The predicted octanol–water partition coefficient (Wildman–Crippen LogP) is 3.57. The summed E-state index contributed by atoms with van der Waals surface area (Å²) in [4.78, 5) is 24.9. The molecule has 1 amide bonds. The summed E-state index contributed by atoms with van der Waals surface area (Å²) in [6, 6.07) is 12.0. The first-order valence-electron chi connectivity index (χ1n) is 7.63. The van der Waals surface area contributed by atoms with Gasteiger partial charge in [-0.05, 0) is 37.6 Å². The number of methoxy groups -OCH3 is 1. The summed E-state index contributed by atoms with van der Waals surface area (Å²) >= 11 is 0. The van der Waals surface area contributed by atoms with E-state index in [1.54, 1.807) is 31.1 Å². The molecule has 0 bridgehead atoms. The number of nitrogens with zero attached hydrogens (tertiary/aromatic N) is 2. The van der Waals surface area contributed by atoms with E-state index in [1.165, 1.54) is 6.07 Å². The number of carbonyl (C=O) groups excluding carboxylic acids is 1. The molecule has 6 heteroatoms. The van der Waals surface area contributed by atoms with Crippen molar-refractivity contribution in [2.24, 2.45) is 0 Å². The first-order chi connectivity index (χ1) is 11.5. The van der Waals surface area contributed by atoms with Crippen molar-refractivity contribution in [1.82, 2.24) is 4.90 Å². The van der Waals surface area contributed by atoms with Crippen LogP contribution in [0.2, 0.25) is 0 Å². The van der Waals surface area contributed by atoms with E-state index < -0.39 is 4.92 Å². The largest absolute Gasteiger partial charge is 0.497 e. The maximum Gasteiger partial charge on any atom is 0.273 e. The fourth-order valence-electron chi connectivity index (χ4n) is 2.40. The number of nitro groups is 1. The highest BCUT2D eigenvalue weighted by molar-refractivity contribution is 5.95. The summed E-state index contributed by atoms with van der Waals surface area (Å²) in [6.45, 7) is 4.47. The molecule has 2 aromatic rings. The molecular weight excluding hydrogens is 308 g/mol. The number of carbonyl (C=O) groups is 1. The second-order valence-electron chi connectivity index (χ2n) is 5.43. The number of ether oxygens (including phenoxy) is 1. The van der Waals surface area contributed by atoms with Crippen molar-refractivity contribution in [2.75, 3.05) is 13.7 Å². The fourth-order valence-corrected chi connectivity index (χ4v) is 2.40. The average Bonchev–Trinajstić information content (AvgIpc) is 2.59. The molecule has 0 aliphatic carbocycles. The number of nitro benzene ring substituents is 1. The van der Waals surface area contributed by atoms with Gasteiger partial charge in [0, 0.05) is 30.3 Å². The smallest absolute Gasteiger partial charge is 0.273 e. The van der Waals surface area contributed by atoms with Crippen LogP contribution >= 0.6 is 0 Å². The zero-order valence-corrected chi connectivity index (χ0v) is 14.0. The lowest BCUT2D eigenvalue weighted by atomic mass is 10.1. The van der Waals surface area contributed by atoms with Gasteiger partial charge in [0.15, 0.2) is 0 Å². The maximum absolute atomic E-state index is 12.7. The van der Waals surface area contributed by atoms with Gasteiger partial charge < -0.3 is 9.64 Å². The van der Waals surface area contributed by atoms with Crippen molar-refractivity contribution >= 4 is 11.6 Å². The first-order valence-corrected chi connectivity index (χ1v) is 7.63. The molecule has 0 unspecified atom stereocenters. The molecule has 126 valence electrons. The summed E-state index contributed by atoms with van der Waals surface area (Å²) < 4.78 is 5.12. The second kappa shape index (κ2) is 7.59. The Morgan fingerprint density at radius 3 is 2.42 bits per heavy atom. The summed E-state index contributed by atoms with van der Waals surface area (Å²) in [5.74, 6) is 0.527. The molecule has 0 radical (unpaired) electrons. The van der Waals surface area contributed by atoms with Gasteiger partial charge in [0.1, 0.15) is 5.75 Å². The third kappa shape index (κ3) is 3.90. The van der Waals surface area contributed by atoms with E-state index in [9.17, 15) is 14.9 Å². The first kappa shape index (κ1) is 17.5. The summed E-state index contributed by atoms with van der Waals surface area (Å²) in [5.41, 5.74) is 1.78. The van der Waals surface area contributed by atoms with Gasteiger partial charge in [0.2, 0.25) is 0 Å². The quantitative estimate of drug-likeness (QED) is 0.600. The van der Waals surface area contributed by atoms with E-state index in [1.807, 2.05) is 31.2 Å². The Balaban J connectivity index is 2.21. The van der Waals surface area contributed by atoms with E-state index in [2.05, 4.69) is 0 Å². The standard InChI is InChI=1S/C18H20N2O4/c1-4-19(12-14-6-9-16(24-3)10-7-14)18(21)15-8-5-13(2)17(11-15)20(22)23/h5-11H,4,12H2,1-3H3. The Morgan fingerprint density at radius 1 is 1.21 bits per heavy atom. The number of rotatable bonds is 6. The Morgan fingerprint density at radius 2 is 1.88 bits per heavy atom. The van der Waals surface area contributed by atoms with Crippen LogP contribution in [0.4, 0.5) is 5.69 Å². The van der Waals surface area contributed by atoms with E-state index in [-0.39, 0.29) is 11.6 Å². The van der Waals surface area contributed by atoms with Gasteiger partial charge in [0.25, 0.3) is 11.6 Å². The van der Waals surface area contributed by atoms with Crippen LogP contribution in [0.3, 0.4) is 0 Å². The van der Waals surface area contributed by atoms with Crippen molar-refractivity contribution in [3.63, 3.8) is 0 Å². The zero-order chi connectivity index (χ0) is 17.7. The third-order valence-electron chi connectivity index (χ3n) is 3.85. The maximum atomic E-state index is 12.7. The molecule has 6 nitrogen and oxygen atoms in total. The zero-order valence-electron chi connectivity index (χ0n) is 14.0. The van der Waals surface area contributed by atoms with Crippen LogP contribution < -0.4 is 4.74 Å². The minimum atomic E-state index is -0.466. The van der Waals surface area contributed by atoms with Crippen LogP contribution in [0, 0.1) is 17.0 Å².